The normalized spacial score (nSPS) is 18.0. The largest absolute Gasteiger partial charge is 0.354 e. The highest BCUT2D eigenvalue weighted by atomic mass is 35.5. The Hall–Kier alpha value is -1.66. The van der Waals surface area contributed by atoms with Crippen LogP contribution in [0.25, 0.3) is 0 Å². The third-order valence-electron chi connectivity index (χ3n) is 4.72. The molecule has 1 aromatic carbocycles. The number of rotatable bonds is 7. The summed E-state index contributed by atoms with van der Waals surface area (Å²) < 4.78 is 13.8. The Labute approximate surface area is 160 Å². The van der Waals surface area contributed by atoms with Crippen LogP contribution in [0.15, 0.2) is 24.3 Å². The van der Waals surface area contributed by atoms with Crippen molar-refractivity contribution < 1.29 is 14.0 Å². The molecule has 0 saturated carbocycles. The van der Waals surface area contributed by atoms with Crippen LogP contribution in [-0.4, -0.2) is 42.4 Å². The highest BCUT2D eigenvalue weighted by Gasteiger charge is 2.30. The molecule has 0 aliphatic carbocycles. The molecule has 0 aromatic heterocycles. The molecule has 0 bridgehead atoms. The zero-order valence-corrected chi connectivity index (χ0v) is 16.1. The Morgan fingerprint density at radius 3 is 2.77 bits per heavy atom. The molecule has 7 heteroatoms. The van der Waals surface area contributed by atoms with E-state index in [0.717, 1.165) is 19.3 Å². The first-order valence-electron chi connectivity index (χ1n) is 9.03. The smallest absolute Gasteiger partial charge is 0.226 e. The number of nitrogens with one attached hydrogen (secondary N) is 1. The molecule has 2 atom stereocenters. The fourth-order valence-electron chi connectivity index (χ4n) is 3.32. The number of carbonyl (C=O) groups excluding carboxylic acids is 2. The maximum atomic E-state index is 13.8. The van der Waals surface area contributed by atoms with Gasteiger partial charge in [0.15, 0.2) is 0 Å². The Bertz CT molecular complexity index is 600. The van der Waals surface area contributed by atoms with Crippen LogP contribution >= 0.6 is 12.4 Å². The van der Waals surface area contributed by atoms with E-state index >= 15 is 0 Å². The minimum Gasteiger partial charge on any atom is -0.354 e. The van der Waals surface area contributed by atoms with Gasteiger partial charge >= 0.3 is 0 Å². The van der Waals surface area contributed by atoms with Crippen molar-refractivity contribution in [2.45, 2.75) is 45.1 Å². The third kappa shape index (κ3) is 6.25. The van der Waals surface area contributed by atoms with Crippen molar-refractivity contribution in [3.63, 3.8) is 0 Å². The van der Waals surface area contributed by atoms with Gasteiger partial charge < -0.3 is 16.0 Å². The predicted octanol–water partition coefficient (Wildman–Crippen LogP) is 2.27. The Morgan fingerprint density at radius 2 is 2.08 bits per heavy atom. The second-order valence-electron chi connectivity index (χ2n) is 6.72. The second kappa shape index (κ2) is 11.1. The molecule has 0 radical (unpaired) electrons. The van der Waals surface area contributed by atoms with Crippen molar-refractivity contribution in [1.82, 2.24) is 10.2 Å². The lowest BCUT2D eigenvalue weighted by molar-refractivity contribution is -0.139. The van der Waals surface area contributed by atoms with Gasteiger partial charge in [-0.05, 0) is 37.3 Å². The maximum Gasteiger partial charge on any atom is 0.226 e. The predicted molar refractivity (Wildman–Crippen MR) is 103 cm³/mol. The number of amides is 2. The molecule has 1 fully saturated rings. The number of piperidine rings is 1. The van der Waals surface area contributed by atoms with Crippen molar-refractivity contribution >= 4 is 24.2 Å². The third-order valence-corrected chi connectivity index (χ3v) is 4.72. The van der Waals surface area contributed by atoms with Crippen molar-refractivity contribution in [3.8, 4) is 0 Å². The first-order valence-corrected chi connectivity index (χ1v) is 9.03. The average molecular weight is 386 g/mol. The van der Waals surface area contributed by atoms with Crippen LogP contribution in [0, 0.1) is 11.7 Å². The van der Waals surface area contributed by atoms with Gasteiger partial charge in [0.1, 0.15) is 5.82 Å². The summed E-state index contributed by atoms with van der Waals surface area (Å²) in [5.41, 5.74) is 5.95. The van der Waals surface area contributed by atoms with Crippen molar-refractivity contribution in [1.29, 1.82) is 0 Å². The van der Waals surface area contributed by atoms with Crippen LogP contribution in [0.1, 0.15) is 38.2 Å². The second-order valence-corrected chi connectivity index (χ2v) is 6.72. The van der Waals surface area contributed by atoms with Crippen LogP contribution in [0.4, 0.5) is 4.39 Å². The minimum absolute atomic E-state index is 0. The summed E-state index contributed by atoms with van der Waals surface area (Å²) in [5, 5.41) is 2.86. The lowest BCUT2D eigenvalue weighted by Crippen LogP contribution is -2.51. The summed E-state index contributed by atoms with van der Waals surface area (Å²) in [6, 6.07) is 6.58. The Balaban J connectivity index is 0.00000338. The fourth-order valence-corrected chi connectivity index (χ4v) is 3.32. The number of nitrogens with two attached hydrogens (primary N) is 1. The van der Waals surface area contributed by atoms with Gasteiger partial charge in [0, 0.05) is 38.0 Å². The molecule has 3 N–H and O–H groups in total. The van der Waals surface area contributed by atoms with Gasteiger partial charge in [-0.1, -0.05) is 25.1 Å². The van der Waals surface area contributed by atoms with Crippen LogP contribution in [0.3, 0.4) is 0 Å². The summed E-state index contributed by atoms with van der Waals surface area (Å²) in [7, 11) is 0. The van der Waals surface area contributed by atoms with E-state index in [9.17, 15) is 14.0 Å². The molecule has 0 spiro atoms. The van der Waals surface area contributed by atoms with Crippen LogP contribution < -0.4 is 11.1 Å². The fraction of sp³-hybridized carbons (Fsp3) is 0.579. The summed E-state index contributed by atoms with van der Waals surface area (Å²) in [6.07, 6.45) is 3.56. The number of carbonyl (C=O) groups is 2. The molecule has 1 heterocycles. The molecule has 2 unspecified atom stereocenters. The quantitative estimate of drug-likeness (QED) is 0.756. The number of hydrogen-bond acceptors (Lipinski definition) is 3. The minimum atomic E-state index is -0.294. The van der Waals surface area contributed by atoms with E-state index in [0.29, 0.717) is 38.0 Å². The highest BCUT2D eigenvalue weighted by Crippen LogP contribution is 2.21. The van der Waals surface area contributed by atoms with E-state index in [-0.39, 0.29) is 42.0 Å². The first kappa shape index (κ1) is 22.4. The average Bonchev–Trinajstić information content (AvgIpc) is 2.61. The van der Waals surface area contributed by atoms with E-state index in [4.69, 9.17) is 5.73 Å². The lowest BCUT2D eigenvalue weighted by Gasteiger charge is -2.37. The van der Waals surface area contributed by atoms with Crippen LogP contribution in [0.5, 0.6) is 0 Å². The number of nitrogens with zero attached hydrogens (tertiary/aromatic N) is 1. The molecule has 2 rings (SSSR count). The van der Waals surface area contributed by atoms with Gasteiger partial charge in [-0.2, -0.15) is 0 Å². The highest BCUT2D eigenvalue weighted by molar-refractivity contribution is 5.85. The number of benzene rings is 1. The lowest BCUT2D eigenvalue weighted by atomic mass is 9.95. The number of hydrogen-bond donors (Lipinski definition) is 2. The van der Waals surface area contributed by atoms with Gasteiger partial charge in [-0.3, -0.25) is 9.59 Å². The molecule has 1 aromatic rings. The monoisotopic (exact) mass is 385 g/mol. The van der Waals surface area contributed by atoms with Gasteiger partial charge in [0.2, 0.25) is 11.8 Å². The molecule has 1 aliphatic heterocycles. The van der Waals surface area contributed by atoms with Gasteiger partial charge in [-0.25, -0.2) is 4.39 Å². The number of likely N-dealkylation sites (tertiary alicyclic amines) is 1. The molecule has 2 amide bonds. The van der Waals surface area contributed by atoms with E-state index in [1.54, 1.807) is 18.2 Å². The number of halogens is 2. The zero-order chi connectivity index (χ0) is 18.2. The van der Waals surface area contributed by atoms with Crippen LogP contribution in [-0.2, 0) is 16.0 Å². The standard InChI is InChI=1S/C19H28FN3O2.ClH/c1-14(12-15-6-2-3-8-17(15)20)19(25)23-11-5-4-7-16(23)13-22-18(24)9-10-21;/h2-3,6,8,14,16H,4-5,7,9-13,21H2,1H3,(H,22,24);1H. The summed E-state index contributed by atoms with van der Waals surface area (Å²) >= 11 is 0. The first-order chi connectivity index (χ1) is 12.0. The molecule has 146 valence electrons. The molecule has 1 saturated heterocycles. The SMILES string of the molecule is CC(Cc1ccccc1F)C(=O)N1CCCCC1CNC(=O)CCN.Cl. The molecular formula is C19H29ClFN3O2. The molecule has 5 nitrogen and oxygen atoms in total. The van der Waals surface area contributed by atoms with E-state index in [1.807, 2.05) is 11.8 Å². The van der Waals surface area contributed by atoms with E-state index in [2.05, 4.69) is 5.32 Å². The maximum absolute atomic E-state index is 13.8. The molecule has 26 heavy (non-hydrogen) atoms. The Morgan fingerprint density at radius 1 is 1.35 bits per heavy atom. The topological polar surface area (TPSA) is 75.4 Å². The summed E-state index contributed by atoms with van der Waals surface area (Å²) in [5.74, 6) is -0.621. The van der Waals surface area contributed by atoms with Gasteiger partial charge in [0.05, 0.1) is 0 Å². The molecular weight excluding hydrogens is 357 g/mol. The van der Waals surface area contributed by atoms with Gasteiger partial charge in [0.25, 0.3) is 0 Å². The van der Waals surface area contributed by atoms with E-state index < -0.39 is 0 Å². The molecule has 1 aliphatic rings. The van der Waals surface area contributed by atoms with Crippen molar-refractivity contribution in [2.24, 2.45) is 11.7 Å². The summed E-state index contributed by atoms with van der Waals surface area (Å²) in [4.78, 5) is 26.4. The Kier molecular flexibility index (Phi) is 9.59. The zero-order valence-electron chi connectivity index (χ0n) is 15.2. The van der Waals surface area contributed by atoms with Crippen molar-refractivity contribution in [2.75, 3.05) is 19.6 Å². The van der Waals surface area contributed by atoms with Crippen LogP contribution in [0.2, 0.25) is 0 Å². The summed E-state index contributed by atoms with van der Waals surface area (Å²) in [6.45, 7) is 3.31. The van der Waals surface area contributed by atoms with E-state index in [1.165, 1.54) is 6.07 Å². The van der Waals surface area contributed by atoms with Crippen molar-refractivity contribution in [3.05, 3.63) is 35.6 Å². The van der Waals surface area contributed by atoms with Gasteiger partial charge in [-0.15, -0.1) is 12.4 Å².